The van der Waals surface area contributed by atoms with Crippen LogP contribution in [0, 0.1) is 0 Å². The third-order valence-corrected chi connectivity index (χ3v) is 5.19. The van der Waals surface area contributed by atoms with Gasteiger partial charge in [-0.05, 0) is 23.6 Å². The summed E-state index contributed by atoms with van der Waals surface area (Å²) in [5, 5.41) is 1.05. The molecule has 1 aromatic carbocycles. The number of rotatable bonds is 4. The Morgan fingerprint density at radius 3 is 2.91 bits per heavy atom. The minimum atomic E-state index is 0.840. The normalized spacial score (nSPS) is 18.3. The molecule has 0 aliphatic carbocycles. The van der Waals surface area contributed by atoms with Gasteiger partial charge in [-0.2, -0.15) is 4.37 Å². The fourth-order valence-corrected chi connectivity index (χ4v) is 3.73. The van der Waals surface area contributed by atoms with Crippen LogP contribution in [-0.2, 0) is 12.8 Å². The molecule has 5 nitrogen and oxygen atoms in total. The number of fused-ring (bicyclic) bond motifs is 1. The monoisotopic (exact) mass is 316 g/mol. The maximum absolute atomic E-state index is 5.57. The highest BCUT2D eigenvalue weighted by Gasteiger charge is 2.19. The summed E-state index contributed by atoms with van der Waals surface area (Å²) in [6, 6.07) is 6.66. The average Bonchev–Trinajstić information content (AvgIpc) is 3.24. The second kappa shape index (κ2) is 6.22. The molecule has 0 N–H and O–H groups in total. The number of nitrogens with zero attached hydrogens (tertiary/aromatic N) is 4. The fraction of sp³-hybridized carbons (Fsp3) is 0.500. The molecule has 116 valence electrons. The number of benzene rings is 1. The lowest BCUT2D eigenvalue weighted by atomic mass is 10.1. The summed E-state index contributed by atoms with van der Waals surface area (Å²) in [6.45, 7) is 6.28. The SMILES string of the molecule is c1nsc(N2CCN(CCc3ccc4c(c3)CCO4)CC2)n1. The largest absolute Gasteiger partial charge is 0.493 e. The van der Waals surface area contributed by atoms with E-state index in [9.17, 15) is 0 Å². The van der Waals surface area contributed by atoms with Crippen molar-refractivity contribution in [3.8, 4) is 5.75 Å². The van der Waals surface area contributed by atoms with Crippen LogP contribution >= 0.6 is 11.5 Å². The molecule has 0 radical (unpaired) electrons. The Balaban J connectivity index is 1.28. The first-order valence-electron chi connectivity index (χ1n) is 7.87. The summed E-state index contributed by atoms with van der Waals surface area (Å²) in [7, 11) is 0. The van der Waals surface area contributed by atoms with Crippen molar-refractivity contribution in [1.82, 2.24) is 14.3 Å². The van der Waals surface area contributed by atoms with Crippen LogP contribution in [0.1, 0.15) is 11.1 Å². The number of ether oxygens (including phenoxy) is 1. The molecule has 0 unspecified atom stereocenters. The molecular formula is C16H20N4OS. The lowest BCUT2D eigenvalue weighted by molar-refractivity contribution is 0.261. The van der Waals surface area contributed by atoms with Gasteiger partial charge in [0.25, 0.3) is 0 Å². The lowest BCUT2D eigenvalue weighted by Crippen LogP contribution is -2.46. The molecule has 0 amide bonds. The summed E-state index contributed by atoms with van der Waals surface area (Å²) >= 11 is 1.49. The summed E-state index contributed by atoms with van der Waals surface area (Å²) < 4.78 is 9.66. The highest BCUT2D eigenvalue weighted by atomic mass is 32.1. The Kier molecular flexibility index (Phi) is 3.95. The molecule has 0 bridgehead atoms. The Bertz CT molecular complexity index is 623. The van der Waals surface area contributed by atoms with Gasteiger partial charge >= 0.3 is 0 Å². The quantitative estimate of drug-likeness (QED) is 0.861. The highest BCUT2D eigenvalue weighted by molar-refractivity contribution is 7.09. The topological polar surface area (TPSA) is 41.5 Å². The molecule has 1 saturated heterocycles. The summed E-state index contributed by atoms with van der Waals surface area (Å²) in [6.07, 6.45) is 3.82. The van der Waals surface area contributed by atoms with Gasteiger partial charge in [0.05, 0.1) is 6.61 Å². The standard InChI is InChI=1S/C16H20N4OS/c1-2-15-14(4-10-21-15)11-13(1)3-5-19-6-8-20(9-7-19)16-17-12-18-22-16/h1-2,11-12H,3-10H2. The van der Waals surface area contributed by atoms with E-state index in [1.165, 1.54) is 22.7 Å². The molecule has 1 fully saturated rings. The zero-order valence-corrected chi connectivity index (χ0v) is 13.4. The van der Waals surface area contributed by atoms with Crippen LogP contribution in [0.2, 0.25) is 0 Å². The third-order valence-electron chi connectivity index (χ3n) is 4.46. The molecule has 22 heavy (non-hydrogen) atoms. The first-order valence-corrected chi connectivity index (χ1v) is 8.64. The van der Waals surface area contributed by atoms with Crippen molar-refractivity contribution in [2.45, 2.75) is 12.8 Å². The zero-order chi connectivity index (χ0) is 14.8. The Labute approximate surface area is 134 Å². The number of piperazine rings is 1. The fourth-order valence-electron chi connectivity index (χ4n) is 3.15. The van der Waals surface area contributed by atoms with E-state index in [0.29, 0.717) is 0 Å². The van der Waals surface area contributed by atoms with Crippen LogP contribution in [0.3, 0.4) is 0 Å². The van der Waals surface area contributed by atoms with Crippen molar-refractivity contribution in [2.24, 2.45) is 0 Å². The van der Waals surface area contributed by atoms with Crippen LogP contribution in [-0.4, -0.2) is 53.6 Å². The minimum Gasteiger partial charge on any atom is -0.493 e. The van der Waals surface area contributed by atoms with Gasteiger partial charge in [0.1, 0.15) is 12.1 Å². The van der Waals surface area contributed by atoms with Crippen molar-refractivity contribution in [2.75, 3.05) is 44.2 Å². The number of hydrogen-bond donors (Lipinski definition) is 0. The van der Waals surface area contributed by atoms with Crippen molar-refractivity contribution in [1.29, 1.82) is 0 Å². The molecule has 0 atom stereocenters. The predicted octanol–water partition coefficient (Wildman–Crippen LogP) is 1.84. The summed E-state index contributed by atoms with van der Waals surface area (Å²) in [5.41, 5.74) is 2.80. The Morgan fingerprint density at radius 1 is 1.18 bits per heavy atom. The summed E-state index contributed by atoms with van der Waals surface area (Å²) in [5.74, 6) is 1.08. The second-order valence-corrected chi connectivity index (χ2v) is 6.60. The highest BCUT2D eigenvalue weighted by Crippen LogP contribution is 2.26. The predicted molar refractivity (Wildman–Crippen MR) is 87.9 cm³/mol. The van der Waals surface area contributed by atoms with Gasteiger partial charge in [-0.3, -0.25) is 4.90 Å². The van der Waals surface area contributed by atoms with Gasteiger partial charge in [0.2, 0.25) is 5.13 Å². The second-order valence-electron chi connectivity index (χ2n) is 5.84. The molecular weight excluding hydrogens is 296 g/mol. The number of hydrogen-bond acceptors (Lipinski definition) is 6. The smallest absolute Gasteiger partial charge is 0.205 e. The molecule has 4 rings (SSSR count). The van der Waals surface area contributed by atoms with Crippen molar-refractivity contribution < 1.29 is 4.74 Å². The van der Waals surface area contributed by atoms with Gasteiger partial charge in [0.15, 0.2) is 0 Å². The van der Waals surface area contributed by atoms with E-state index < -0.39 is 0 Å². The van der Waals surface area contributed by atoms with E-state index in [0.717, 1.165) is 63.1 Å². The van der Waals surface area contributed by atoms with Crippen molar-refractivity contribution in [3.63, 3.8) is 0 Å². The molecule has 2 aliphatic rings. The van der Waals surface area contributed by atoms with Gasteiger partial charge in [-0.25, -0.2) is 4.98 Å². The van der Waals surface area contributed by atoms with Crippen molar-refractivity contribution in [3.05, 3.63) is 35.7 Å². The van der Waals surface area contributed by atoms with E-state index >= 15 is 0 Å². The van der Waals surface area contributed by atoms with E-state index in [1.54, 1.807) is 6.33 Å². The molecule has 6 heteroatoms. The molecule has 1 aromatic heterocycles. The minimum absolute atomic E-state index is 0.840. The molecule has 0 saturated carbocycles. The van der Waals surface area contributed by atoms with E-state index in [2.05, 4.69) is 37.4 Å². The number of anilines is 1. The van der Waals surface area contributed by atoms with Gasteiger partial charge in [0, 0.05) is 50.7 Å². The molecule has 3 heterocycles. The van der Waals surface area contributed by atoms with E-state index in [4.69, 9.17) is 4.74 Å². The average molecular weight is 316 g/mol. The Hall–Kier alpha value is -1.66. The molecule has 2 aromatic rings. The molecule has 0 spiro atoms. The molecule has 2 aliphatic heterocycles. The lowest BCUT2D eigenvalue weighted by Gasteiger charge is -2.34. The van der Waals surface area contributed by atoms with Gasteiger partial charge in [-0.1, -0.05) is 12.1 Å². The van der Waals surface area contributed by atoms with Crippen LogP contribution in [0.25, 0.3) is 0 Å². The van der Waals surface area contributed by atoms with Crippen molar-refractivity contribution >= 4 is 16.7 Å². The maximum Gasteiger partial charge on any atom is 0.205 e. The summed E-state index contributed by atoms with van der Waals surface area (Å²) in [4.78, 5) is 9.17. The van der Waals surface area contributed by atoms with Crippen LogP contribution < -0.4 is 9.64 Å². The Morgan fingerprint density at radius 2 is 2.09 bits per heavy atom. The van der Waals surface area contributed by atoms with Crippen LogP contribution in [0.15, 0.2) is 24.5 Å². The zero-order valence-electron chi connectivity index (χ0n) is 12.6. The van der Waals surface area contributed by atoms with E-state index in [1.807, 2.05) is 0 Å². The third kappa shape index (κ3) is 2.94. The number of aromatic nitrogens is 2. The van der Waals surface area contributed by atoms with Crippen LogP contribution in [0.5, 0.6) is 5.75 Å². The van der Waals surface area contributed by atoms with Gasteiger partial charge in [-0.15, -0.1) is 0 Å². The maximum atomic E-state index is 5.57. The first kappa shape index (κ1) is 14.0. The first-order chi connectivity index (χ1) is 10.9. The van der Waals surface area contributed by atoms with E-state index in [-0.39, 0.29) is 0 Å². The van der Waals surface area contributed by atoms with Crippen LogP contribution in [0.4, 0.5) is 5.13 Å². The van der Waals surface area contributed by atoms with Gasteiger partial charge < -0.3 is 9.64 Å².